The molecule has 1 amide bonds. The number of para-hydroxylation sites is 1. The number of ether oxygens (including phenoxy) is 2. The molecule has 2 aromatic carbocycles. The number of fused-ring (bicyclic) bond motifs is 1. The maximum absolute atomic E-state index is 12.8. The van der Waals surface area contributed by atoms with Gasteiger partial charge in [0, 0.05) is 18.8 Å². The monoisotopic (exact) mass is 310 g/mol. The predicted molar refractivity (Wildman–Crippen MR) is 86.6 cm³/mol. The van der Waals surface area contributed by atoms with Crippen LogP contribution in [0.1, 0.15) is 5.56 Å². The molecule has 4 rings (SSSR count). The van der Waals surface area contributed by atoms with E-state index in [-0.39, 0.29) is 18.6 Å². The minimum Gasteiger partial charge on any atom is -0.454 e. The van der Waals surface area contributed by atoms with Crippen LogP contribution < -0.4 is 19.7 Å². The Bertz CT molecular complexity index is 713. The van der Waals surface area contributed by atoms with E-state index in [0.29, 0.717) is 6.54 Å². The lowest BCUT2D eigenvalue weighted by Gasteiger charge is -2.32. The van der Waals surface area contributed by atoms with Crippen molar-refractivity contribution in [2.45, 2.75) is 6.54 Å². The summed E-state index contributed by atoms with van der Waals surface area (Å²) in [5.74, 6) is 1.72. The Hall–Kier alpha value is -2.53. The topological polar surface area (TPSA) is 50.8 Å². The van der Waals surface area contributed by atoms with Gasteiger partial charge in [-0.25, -0.2) is 0 Å². The summed E-state index contributed by atoms with van der Waals surface area (Å²) >= 11 is 0. The van der Waals surface area contributed by atoms with Gasteiger partial charge in [0.15, 0.2) is 11.5 Å². The third-order valence-electron chi connectivity index (χ3n) is 4.24. The van der Waals surface area contributed by atoms with Crippen molar-refractivity contribution in [2.75, 3.05) is 24.8 Å². The zero-order valence-corrected chi connectivity index (χ0v) is 12.7. The second-order valence-electron chi connectivity index (χ2n) is 5.80. The molecule has 2 heterocycles. The highest BCUT2D eigenvalue weighted by atomic mass is 16.7. The molecule has 23 heavy (non-hydrogen) atoms. The van der Waals surface area contributed by atoms with Crippen molar-refractivity contribution in [1.29, 1.82) is 0 Å². The Kier molecular flexibility index (Phi) is 3.63. The number of anilines is 1. The molecule has 0 saturated carbocycles. The SMILES string of the molecule is O=C(C1CNC1)N(Cc1ccc2c(c1)OCO2)c1ccccc1. The highest BCUT2D eigenvalue weighted by Crippen LogP contribution is 2.33. The number of rotatable bonds is 4. The van der Waals surface area contributed by atoms with Crippen molar-refractivity contribution < 1.29 is 14.3 Å². The molecule has 0 radical (unpaired) electrons. The van der Waals surface area contributed by atoms with Gasteiger partial charge in [0.25, 0.3) is 0 Å². The molecule has 0 bridgehead atoms. The molecule has 5 heteroatoms. The van der Waals surface area contributed by atoms with Crippen LogP contribution in [-0.2, 0) is 11.3 Å². The molecule has 2 aromatic rings. The van der Waals surface area contributed by atoms with Gasteiger partial charge in [0.1, 0.15) is 0 Å². The summed E-state index contributed by atoms with van der Waals surface area (Å²) in [4.78, 5) is 14.6. The molecule has 0 aromatic heterocycles. The number of carbonyl (C=O) groups is 1. The highest BCUT2D eigenvalue weighted by Gasteiger charge is 2.30. The third kappa shape index (κ3) is 2.75. The van der Waals surface area contributed by atoms with Crippen molar-refractivity contribution in [3.8, 4) is 11.5 Å². The van der Waals surface area contributed by atoms with Crippen LogP contribution in [0.25, 0.3) is 0 Å². The van der Waals surface area contributed by atoms with Crippen molar-refractivity contribution in [1.82, 2.24) is 5.32 Å². The molecular formula is C18H18N2O3. The Morgan fingerprint density at radius 1 is 1.09 bits per heavy atom. The molecule has 0 spiro atoms. The third-order valence-corrected chi connectivity index (χ3v) is 4.24. The number of hydrogen-bond donors (Lipinski definition) is 1. The van der Waals surface area contributed by atoms with Gasteiger partial charge < -0.3 is 19.7 Å². The van der Waals surface area contributed by atoms with Crippen molar-refractivity contribution in [3.05, 3.63) is 54.1 Å². The minimum absolute atomic E-state index is 0.0595. The molecule has 118 valence electrons. The number of benzene rings is 2. The van der Waals surface area contributed by atoms with Crippen LogP contribution in [0.15, 0.2) is 48.5 Å². The van der Waals surface area contributed by atoms with Crippen molar-refractivity contribution >= 4 is 11.6 Å². The molecule has 1 fully saturated rings. The molecular weight excluding hydrogens is 292 g/mol. The normalized spacial score (nSPS) is 16.0. The first-order valence-corrected chi connectivity index (χ1v) is 7.77. The number of hydrogen-bond acceptors (Lipinski definition) is 4. The Balaban J connectivity index is 1.61. The van der Waals surface area contributed by atoms with Gasteiger partial charge in [-0.3, -0.25) is 4.79 Å². The maximum Gasteiger partial charge on any atom is 0.232 e. The second-order valence-corrected chi connectivity index (χ2v) is 5.80. The van der Waals surface area contributed by atoms with Crippen LogP contribution >= 0.6 is 0 Å². The van der Waals surface area contributed by atoms with Crippen LogP contribution in [-0.4, -0.2) is 25.8 Å². The molecule has 2 aliphatic heterocycles. The zero-order chi connectivity index (χ0) is 15.6. The number of nitrogens with one attached hydrogen (secondary N) is 1. The van der Waals surface area contributed by atoms with E-state index in [1.54, 1.807) is 0 Å². The summed E-state index contributed by atoms with van der Waals surface area (Å²) in [6, 6.07) is 15.6. The molecule has 5 nitrogen and oxygen atoms in total. The van der Waals surface area contributed by atoms with Crippen molar-refractivity contribution in [2.24, 2.45) is 5.92 Å². The summed E-state index contributed by atoms with van der Waals surface area (Å²) in [6.07, 6.45) is 0. The van der Waals surface area contributed by atoms with Crippen LogP contribution in [0.5, 0.6) is 11.5 Å². The lowest BCUT2D eigenvalue weighted by atomic mass is 10.0. The van der Waals surface area contributed by atoms with E-state index in [2.05, 4.69) is 5.32 Å². The van der Waals surface area contributed by atoms with E-state index in [1.807, 2.05) is 53.4 Å². The standard InChI is InChI=1S/C18H18N2O3/c21-18(14-9-19-10-14)20(15-4-2-1-3-5-15)11-13-6-7-16-17(8-13)23-12-22-16/h1-8,14,19H,9-12H2. The van der Waals surface area contributed by atoms with Crippen LogP contribution in [0.4, 0.5) is 5.69 Å². The van der Waals surface area contributed by atoms with E-state index < -0.39 is 0 Å². The molecule has 0 atom stereocenters. The van der Waals surface area contributed by atoms with Gasteiger partial charge in [-0.1, -0.05) is 24.3 Å². The molecule has 2 aliphatic rings. The first-order chi connectivity index (χ1) is 11.3. The van der Waals surface area contributed by atoms with Crippen LogP contribution in [0.2, 0.25) is 0 Å². The van der Waals surface area contributed by atoms with Gasteiger partial charge in [-0.05, 0) is 29.8 Å². The second kappa shape index (κ2) is 5.93. The summed E-state index contributed by atoms with van der Waals surface area (Å²) in [7, 11) is 0. The average molecular weight is 310 g/mol. The first kappa shape index (κ1) is 14.1. The summed E-state index contributed by atoms with van der Waals surface area (Å²) in [6.45, 7) is 2.29. The van der Waals surface area contributed by atoms with E-state index in [9.17, 15) is 4.79 Å². The fourth-order valence-corrected chi connectivity index (χ4v) is 2.81. The fourth-order valence-electron chi connectivity index (χ4n) is 2.81. The lowest BCUT2D eigenvalue weighted by Crippen LogP contribution is -2.52. The predicted octanol–water partition coefficient (Wildman–Crippen LogP) is 2.17. The summed E-state index contributed by atoms with van der Waals surface area (Å²) in [5, 5.41) is 3.16. The highest BCUT2D eigenvalue weighted by molar-refractivity contribution is 5.95. The maximum atomic E-state index is 12.8. The van der Waals surface area contributed by atoms with E-state index >= 15 is 0 Å². The van der Waals surface area contributed by atoms with Crippen LogP contribution in [0, 0.1) is 5.92 Å². The Morgan fingerprint density at radius 3 is 2.61 bits per heavy atom. The van der Waals surface area contributed by atoms with E-state index in [1.165, 1.54) is 0 Å². The van der Waals surface area contributed by atoms with Gasteiger partial charge >= 0.3 is 0 Å². The van der Waals surface area contributed by atoms with Crippen molar-refractivity contribution in [3.63, 3.8) is 0 Å². The van der Waals surface area contributed by atoms with E-state index in [0.717, 1.165) is 35.8 Å². The largest absolute Gasteiger partial charge is 0.454 e. The minimum atomic E-state index is 0.0595. The number of amides is 1. The van der Waals surface area contributed by atoms with Gasteiger partial charge in [0.2, 0.25) is 12.7 Å². The fraction of sp³-hybridized carbons (Fsp3) is 0.278. The average Bonchev–Trinajstić information content (AvgIpc) is 2.99. The molecule has 1 N–H and O–H groups in total. The van der Waals surface area contributed by atoms with E-state index in [4.69, 9.17) is 9.47 Å². The van der Waals surface area contributed by atoms with Crippen LogP contribution in [0.3, 0.4) is 0 Å². The Labute approximate surface area is 134 Å². The van der Waals surface area contributed by atoms with Gasteiger partial charge in [-0.15, -0.1) is 0 Å². The quantitative estimate of drug-likeness (QED) is 0.940. The Morgan fingerprint density at radius 2 is 1.87 bits per heavy atom. The lowest BCUT2D eigenvalue weighted by molar-refractivity contribution is -0.123. The number of carbonyl (C=O) groups excluding carboxylic acids is 1. The molecule has 0 unspecified atom stereocenters. The van der Waals surface area contributed by atoms with Gasteiger partial charge in [0.05, 0.1) is 12.5 Å². The number of nitrogens with zero attached hydrogens (tertiary/aromatic N) is 1. The summed E-state index contributed by atoms with van der Waals surface area (Å²) < 4.78 is 10.8. The first-order valence-electron chi connectivity index (χ1n) is 7.77. The zero-order valence-electron chi connectivity index (χ0n) is 12.7. The van der Waals surface area contributed by atoms with Gasteiger partial charge in [-0.2, -0.15) is 0 Å². The molecule has 1 saturated heterocycles. The summed E-state index contributed by atoms with van der Waals surface area (Å²) in [5.41, 5.74) is 1.95. The molecule has 0 aliphatic carbocycles. The smallest absolute Gasteiger partial charge is 0.232 e.